The minimum atomic E-state index is 0.179. The summed E-state index contributed by atoms with van der Waals surface area (Å²) in [4.78, 5) is 19.6. The predicted octanol–water partition coefficient (Wildman–Crippen LogP) is 4.26. The molecular formula is C25H27N3O. The SMILES string of the molecule is O=C1CCCC[C@@H]2[C@@H](N1)[C@H](c1ccccc1)CN2Cc1ccnc2ccccc12. The maximum atomic E-state index is 12.5. The molecule has 3 atom stereocenters. The van der Waals surface area contributed by atoms with Crippen LogP contribution in [0, 0.1) is 0 Å². The Kier molecular flexibility index (Phi) is 5.03. The third kappa shape index (κ3) is 3.65. The van der Waals surface area contributed by atoms with Crippen molar-refractivity contribution >= 4 is 16.8 Å². The van der Waals surface area contributed by atoms with Crippen LogP contribution in [0.25, 0.3) is 10.9 Å². The number of carbonyl (C=O) groups is 1. The number of likely N-dealkylation sites (tertiary alicyclic amines) is 1. The van der Waals surface area contributed by atoms with Crippen LogP contribution >= 0.6 is 0 Å². The van der Waals surface area contributed by atoms with E-state index in [-0.39, 0.29) is 11.9 Å². The average molecular weight is 386 g/mol. The summed E-state index contributed by atoms with van der Waals surface area (Å²) >= 11 is 0. The zero-order valence-electron chi connectivity index (χ0n) is 16.6. The Labute approximate surface area is 171 Å². The molecule has 0 unspecified atom stereocenters. The van der Waals surface area contributed by atoms with Crippen LogP contribution in [-0.4, -0.2) is 34.4 Å². The lowest BCUT2D eigenvalue weighted by Crippen LogP contribution is -2.47. The van der Waals surface area contributed by atoms with Gasteiger partial charge in [-0.2, -0.15) is 0 Å². The lowest BCUT2D eigenvalue weighted by molar-refractivity contribution is -0.122. The zero-order chi connectivity index (χ0) is 19.6. The molecule has 0 radical (unpaired) electrons. The van der Waals surface area contributed by atoms with E-state index in [1.165, 1.54) is 16.5 Å². The van der Waals surface area contributed by atoms with Crippen molar-refractivity contribution in [3.63, 3.8) is 0 Å². The Morgan fingerprint density at radius 1 is 1.00 bits per heavy atom. The first kappa shape index (κ1) is 18.3. The number of hydrogen-bond donors (Lipinski definition) is 1. The molecule has 0 bridgehead atoms. The standard InChI is InChI=1S/C25H27N3O/c29-24-13-7-6-12-23-25(27-24)21(18-8-2-1-3-9-18)17-28(23)16-19-14-15-26-22-11-5-4-10-20(19)22/h1-5,8-11,14-15,21,23,25H,6-7,12-13,16-17H2,(H,27,29)/t21-,23+,25-/m0/s1. The molecule has 2 fully saturated rings. The number of aromatic nitrogens is 1. The fourth-order valence-corrected chi connectivity index (χ4v) is 5.16. The number of hydrogen-bond acceptors (Lipinski definition) is 3. The van der Waals surface area contributed by atoms with E-state index in [4.69, 9.17) is 0 Å². The van der Waals surface area contributed by atoms with Gasteiger partial charge in [0.2, 0.25) is 5.91 Å². The first-order valence-electron chi connectivity index (χ1n) is 10.7. The highest BCUT2D eigenvalue weighted by molar-refractivity contribution is 5.81. The smallest absolute Gasteiger partial charge is 0.220 e. The minimum Gasteiger partial charge on any atom is -0.351 e. The highest BCUT2D eigenvalue weighted by Crippen LogP contribution is 2.37. The first-order chi connectivity index (χ1) is 14.3. The molecule has 3 heterocycles. The van der Waals surface area contributed by atoms with Gasteiger partial charge in [-0.3, -0.25) is 14.7 Å². The lowest BCUT2D eigenvalue weighted by Gasteiger charge is -2.31. The van der Waals surface area contributed by atoms with Gasteiger partial charge in [-0.25, -0.2) is 0 Å². The summed E-state index contributed by atoms with van der Waals surface area (Å²) in [5.41, 5.74) is 3.69. The van der Waals surface area contributed by atoms with Crippen LogP contribution in [0.3, 0.4) is 0 Å². The second-order valence-corrected chi connectivity index (χ2v) is 8.34. The van der Waals surface area contributed by atoms with Gasteiger partial charge < -0.3 is 5.32 Å². The van der Waals surface area contributed by atoms with E-state index in [9.17, 15) is 4.79 Å². The van der Waals surface area contributed by atoms with Crippen LogP contribution in [0.1, 0.15) is 42.7 Å². The van der Waals surface area contributed by atoms with E-state index >= 15 is 0 Å². The Balaban J connectivity index is 1.49. The summed E-state index contributed by atoms with van der Waals surface area (Å²) in [6, 6.07) is 21.8. The molecule has 2 aliphatic heterocycles. The average Bonchev–Trinajstić information content (AvgIpc) is 3.06. The van der Waals surface area contributed by atoms with Crippen LogP contribution in [-0.2, 0) is 11.3 Å². The van der Waals surface area contributed by atoms with Gasteiger partial charge in [-0.15, -0.1) is 0 Å². The molecule has 5 rings (SSSR count). The summed E-state index contributed by atoms with van der Waals surface area (Å²) in [7, 11) is 0. The number of carbonyl (C=O) groups excluding carboxylic acids is 1. The topological polar surface area (TPSA) is 45.2 Å². The maximum absolute atomic E-state index is 12.5. The lowest BCUT2D eigenvalue weighted by atomic mass is 9.88. The van der Waals surface area contributed by atoms with Crippen molar-refractivity contribution in [2.75, 3.05) is 6.54 Å². The fraction of sp³-hybridized carbons (Fsp3) is 0.360. The number of pyridine rings is 1. The molecular weight excluding hydrogens is 358 g/mol. The Morgan fingerprint density at radius 3 is 2.72 bits per heavy atom. The van der Waals surface area contributed by atoms with E-state index in [1.807, 2.05) is 12.3 Å². The molecule has 29 heavy (non-hydrogen) atoms. The summed E-state index contributed by atoms with van der Waals surface area (Å²) < 4.78 is 0. The second kappa shape index (κ2) is 7.96. The molecule has 1 N–H and O–H groups in total. The molecule has 0 saturated carbocycles. The molecule has 3 aromatic rings. The molecule has 1 aromatic heterocycles. The molecule has 148 valence electrons. The highest BCUT2D eigenvalue weighted by Gasteiger charge is 2.43. The third-order valence-electron chi connectivity index (χ3n) is 6.57. The third-order valence-corrected chi connectivity index (χ3v) is 6.57. The van der Waals surface area contributed by atoms with Crippen molar-refractivity contribution in [2.45, 2.75) is 50.2 Å². The second-order valence-electron chi connectivity index (χ2n) is 8.34. The number of fused-ring (bicyclic) bond motifs is 2. The highest BCUT2D eigenvalue weighted by atomic mass is 16.1. The Hall–Kier alpha value is -2.72. The van der Waals surface area contributed by atoms with Crippen molar-refractivity contribution in [1.82, 2.24) is 15.2 Å². The Bertz CT molecular complexity index is 998. The zero-order valence-corrected chi connectivity index (χ0v) is 16.6. The molecule has 0 aliphatic carbocycles. The molecule has 1 amide bonds. The van der Waals surface area contributed by atoms with Crippen LogP contribution in [0.15, 0.2) is 66.9 Å². The van der Waals surface area contributed by atoms with E-state index in [1.54, 1.807) is 0 Å². The maximum Gasteiger partial charge on any atom is 0.220 e. The minimum absolute atomic E-state index is 0.179. The number of nitrogens with zero attached hydrogens (tertiary/aromatic N) is 2. The Morgan fingerprint density at radius 2 is 1.83 bits per heavy atom. The first-order valence-corrected chi connectivity index (χ1v) is 10.7. The molecule has 0 spiro atoms. The van der Waals surface area contributed by atoms with Gasteiger partial charge in [-0.05, 0) is 36.1 Å². The van der Waals surface area contributed by atoms with Crippen molar-refractivity contribution in [1.29, 1.82) is 0 Å². The summed E-state index contributed by atoms with van der Waals surface area (Å²) in [5, 5.41) is 4.62. The van der Waals surface area contributed by atoms with E-state index < -0.39 is 0 Å². The van der Waals surface area contributed by atoms with Crippen LogP contribution < -0.4 is 5.32 Å². The van der Waals surface area contributed by atoms with Crippen LogP contribution in [0.2, 0.25) is 0 Å². The van der Waals surface area contributed by atoms with Gasteiger partial charge in [0.1, 0.15) is 0 Å². The summed E-state index contributed by atoms with van der Waals surface area (Å²) in [6.45, 7) is 1.86. The monoisotopic (exact) mass is 385 g/mol. The molecule has 2 aromatic carbocycles. The van der Waals surface area contributed by atoms with Gasteiger partial charge in [-0.1, -0.05) is 55.0 Å². The number of nitrogens with one attached hydrogen (secondary N) is 1. The van der Waals surface area contributed by atoms with Crippen LogP contribution in [0.4, 0.5) is 0 Å². The van der Waals surface area contributed by atoms with Crippen molar-refractivity contribution in [2.24, 2.45) is 0 Å². The van der Waals surface area contributed by atoms with Crippen molar-refractivity contribution in [3.8, 4) is 0 Å². The van der Waals surface area contributed by atoms with Crippen LogP contribution in [0.5, 0.6) is 0 Å². The predicted molar refractivity (Wildman–Crippen MR) is 116 cm³/mol. The van der Waals surface area contributed by atoms with Gasteiger partial charge in [0.25, 0.3) is 0 Å². The molecule has 4 nitrogen and oxygen atoms in total. The summed E-state index contributed by atoms with van der Waals surface area (Å²) in [5.74, 6) is 0.535. The number of para-hydroxylation sites is 1. The van der Waals surface area contributed by atoms with Crippen molar-refractivity contribution in [3.05, 3.63) is 78.0 Å². The number of amides is 1. The molecule has 4 heteroatoms. The quantitative estimate of drug-likeness (QED) is 0.733. The van der Waals surface area contributed by atoms with E-state index in [0.29, 0.717) is 18.4 Å². The van der Waals surface area contributed by atoms with Gasteiger partial charge >= 0.3 is 0 Å². The summed E-state index contributed by atoms with van der Waals surface area (Å²) in [6.07, 6.45) is 5.80. The normalized spacial score (nSPS) is 25.2. The van der Waals surface area contributed by atoms with Gasteiger partial charge in [0.05, 0.1) is 11.6 Å². The number of benzene rings is 2. The molecule has 2 aliphatic rings. The fourth-order valence-electron chi connectivity index (χ4n) is 5.16. The number of rotatable bonds is 3. The largest absolute Gasteiger partial charge is 0.351 e. The molecule has 2 saturated heterocycles. The van der Waals surface area contributed by atoms with Crippen molar-refractivity contribution < 1.29 is 4.79 Å². The van der Waals surface area contributed by atoms with Gasteiger partial charge in [0, 0.05) is 43.1 Å². The van der Waals surface area contributed by atoms with E-state index in [0.717, 1.165) is 37.9 Å². The van der Waals surface area contributed by atoms with E-state index in [2.05, 4.69) is 69.8 Å². The van der Waals surface area contributed by atoms with Gasteiger partial charge in [0.15, 0.2) is 0 Å².